The molecule has 2 N–H and O–H groups in total. The molecule has 0 saturated carbocycles. The third kappa shape index (κ3) is 3.95. The van der Waals surface area contributed by atoms with Crippen LogP contribution in [0.1, 0.15) is 34.1 Å². The Labute approximate surface area is 121 Å². The summed E-state index contributed by atoms with van der Waals surface area (Å²) < 4.78 is 6.83. The summed E-state index contributed by atoms with van der Waals surface area (Å²) in [4.78, 5) is 22.4. The van der Waals surface area contributed by atoms with Crippen molar-refractivity contribution in [3.05, 3.63) is 41.1 Å². The molecule has 7 heteroatoms. The summed E-state index contributed by atoms with van der Waals surface area (Å²) in [5.41, 5.74) is 1.93. The van der Waals surface area contributed by atoms with Crippen LogP contribution in [0.5, 0.6) is 0 Å². The van der Waals surface area contributed by atoms with Gasteiger partial charge in [-0.05, 0) is 32.0 Å². The van der Waals surface area contributed by atoms with E-state index >= 15 is 0 Å². The van der Waals surface area contributed by atoms with Crippen LogP contribution in [-0.2, 0) is 17.9 Å². The Kier molecular flexibility index (Phi) is 4.42. The summed E-state index contributed by atoms with van der Waals surface area (Å²) in [6, 6.07) is 4.85. The number of carboxylic acid groups (broad SMARTS) is 1. The first-order chi connectivity index (χ1) is 9.95. The Morgan fingerprint density at radius 3 is 2.71 bits per heavy atom. The molecule has 0 aliphatic carbocycles. The van der Waals surface area contributed by atoms with Crippen LogP contribution in [0, 0.1) is 13.8 Å². The Morgan fingerprint density at radius 1 is 1.38 bits per heavy atom. The van der Waals surface area contributed by atoms with Gasteiger partial charge in [0.1, 0.15) is 5.76 Å². The van der Waals surface area contributed by atoms with Gasteiger partial charge in [-0.25, -0.2) is 4.79 Å². The molecule has 112 valence electrons. The normalized spacial score (nSPS) is 10.6. The van der Waals surface area contributed by atoms with Crippen LogP contribution in [0.25, 0.3) is 0 Å². The van der Waals surface area contributed by atoms with Gasteiger partial charge in [0, 0.05) is 18.7 Å². The van der Waals surface area contributed by atoms with Crippen molar-refractivity contribution >= 4 is 11.9 Å². The fraction of sp³-hybridized carbons (Fsp3) is 0.357. The quantitative estimate of drug-likeness (QED) is 0.840. The van der Waals surface area contributed by atoms with E-state index in [2.05, 4.69) is 10.4 Å². The second-order valence-electron chi connectivity index (χ2n) is 4.75. The molecular weight excluding hydrogens is 274 g/mol. The van der Waals surface area contributed by atoms with E-state index in [4.69, 9.17) is 9.52 Å². The number of aryl methyl sites for hydroxylation is 3. The number of hydrogen-bond donors (Lipinski definition) is 2. The molecule has 0 aromatic carbocycles. The third-order valence-electron chi connectivity index (χ3n) is 2.99. The van der Waals surface area contributed by atoms with Crippen molar-refractivity contribution in [3.8, 4) is 0 Å². The van der Waals surface area contributed by atoms with E-state index in [0.29, 0.717) is 18.7 Å². The van der Waals surface area contributed by atoms with Crippen molar-refractivity contribution in [1.29, 1.82) is 0 Å². The van der Waals surface area contributed by atoms with Crippen molar-refractivity contribution in [2.24, 2.45) is 0 Å². The topological polar surface area (TPSA) is 97.4 Å². The number of aromatic nitrogens is 2. The van der Waals surface area contributed by atoms with Gasteiger partial charge in [-0.3, -0.25) is 9.48 Å². The Bertz CT molecular complexity index is 657. The highest BCUT2D eigenvalue weighted by atomic mass is 16.4. The number of carbonyl (C=O) groups excluding carboxylic acids is 1. The molecule has 0 saturated heterocycles. The molecule has 7 nitrogen and oxygen atoms in total. The maximum atomic E-state index is 11.7. The van der Waals surface area contributed by atoms with E-state index in [1.807, 2.05) is 19.9 Å². The van der Waals surface area contributed by atoms with Crippen molar-refractivity contribution in [2.75, 3.05) is 0 Å². The van der Waals surface area contributed by atoms with E-state index in [0.717, 1.165) is 11.4 Å². The van der Waals surface area contributed by atoms with Crippen molar-refractivity contribution in [3.63, 3.8) is 0 Å². The average molecular weight is 291 g/mol. The molecule has 0 bridgehead atoms. The minimum absolute atomic E-state index is 0.137. The molecule has 0 radical (unpaired) electrons. The summed E-state index contributed by atoms with van der Waals surface area (Å²) in [6.07, 6.45) is 0.300. The Balaban J connectivity index is 1.79. The monoisotopic (exact) mass is 291 g/mol. The molecule has 2 rings (SSSR count). The minimum Gasteiger partial charge on any atom is -0.475 e. The number of amides is 1. The van der Waals surface area contributed by atoms with Gasteiger partial charge in [-0.2, -0.15) is 5.10 Å². The summed E-state index contributed by atoms with van der Waals surface area (Å²) in [5.74, 6) is -0.998. The lowest BCUT2D eigenvalue weighted by Crippen LogP contribution is -2.24. The maximum Gasteiger partial charge on any atom is 0.371 e. The molecule has 2 aromatic rings. The molecule has 0 unspecified atom stereocenters. The van der Waals surface area contributed by atoms with Crippen LogP contribution in [0.4, 0.5) is 0 Å². The van der Waals surface area contributed by atoms with E-state index in [9.17, 15) is 9.59 Å². The smallest absolute Gasteiger partial charge is 0.371 e. The van der Waals surface area contributed by atoms with Crippen molar-refractivity contribution < 1.29 is 19.1 Å². The van der Waals surface area contributed by atoms with Crippen LogP contribution < -0.4 is 5.32 Å². The zero-order valence-electron chi connectivity index (χ0n) is 11.9. The number of aromatic carboxylic acids is 1. The third-order valence-corrected chi connectivity index (χ3v) is 2.99. The van der Waals surface area contributed by atoms with Crippen LogP contribution in [0.2, 0.25) is 0 Å². The molecular formula is C14H17N3O4. The van der Waals surface area contributed by atoms with Gasteiger partial charge in [0.2, 0.25) is 11.7 Å². The zero-order chi connectivity index (χ0) is 15.4. The molecule has 0 aliphatic rings. The standard InChI is InChI=1S/C14H17N3O4/c1-9-7-10(2)17(16-9)6-5-13(18)15-8-11-3-4-12(21-11)14(19)20/h3-4,7H,5-6,8H2,1-2H3,(H,15,18)(H,19,20). The lowest BCUT2D eigenvalue weighted by molar-refractivity contribution is -0.121. The Hall–Kier alpha value is -2.57. The summed E-state index contributed by atoms with van der Waals surface area (Å²) in [5, 5.41) is 15.7. The van der Waals surface area contributed by atoms with Crippen LogP contribution in [0.3, 0.4) is 0 Å². The molecule has 1 amide bonds. The van der Waals surface area contributed by atoms with E-state index in [1.165, 1.54) is 12.1 Å². The number of carboxylic acids is 1. The molecule has 0 spiro atoms. The summed E-state index contributed by atoms with van der Waals surface area (Å²) in [7, 11) is 0. The fourth-order valence-electron chi connectivity index (χ4n) is 1.97. The van der Waals surface area contributed by atoms with E-state index in [-0.39, 0.29) is 18.2 Å². The predicted molar refractivity (Wildman–Crippen MR) is 73.8 cm³/mol. The van der Waals surface area contributed by atoms with Crippen LogP contribution >= 0.6 is 0 Å². The second kappa shape index (κ2) is 6.25. The fourth-order valence-corrected chi connectivity index (χ4v) is 1.97. The number of carbonyl (C=O) groups is 2. The highest BCUT2D eigenvalue weighted by Gasteiger charge is 2.10. The van der Waals surface area contributed by atoms with Gasteiger partial charge in [0.05, 0.1) is 12.2 Å². The molecule has 0 atom stereocenters. The number of nitrogens with one attached hydrogen (secondary N) is 1. The molecule has 0 fully saturated rings. The lowest BCUT2D eigenvalue weighted by atomic mass is 10.3. The Morgan fingerprint density at radius 2 is 2.14 bits per heavy atom. The second-order valence-corrected chi connectivity index (χ2v) is 4.75. The maximum absolute atomic E-state index is 11.7. The minimum atomic E-state index is -1.13. The van der Waals surface area contributed by atoms with Gasteiger partial charge in [-0.15, -0.1) is 0 Å². The molecule has 2 aromatic heterocycles. The molecule has 21 heavy (non-hydrogen) atoms. The van der Waals surface area contributed by atoms with Crippen molar-refractivity contribution in [1.82, 2.24) is 15.1 Å². The first-order valence-corrected chi connectivity index (χ1v) is 6.55. The van der Waals surface area contributed by atoms with Gasteiger partial charge in [0.25, 0.3) is 0 Å². The average Bonchev–Trinajstić information content (AvgIpc) is 3.01. The first-order valence-electron chi connectivity index (χ1n) is 6.55. The summed E-state index contributed by atoms with van der Waals surface area (Å²) in [6.45, 7) is 4.52. The predicted octanol–water partition coefficient (Wildman–Crippen LogP) is 1.50. The van der Waals surface area contributed by atoms with Crippen molar-refractivity contribution in [2.45, 2.75) is 33.4 Å². The molecule has 0 aliphatic heterocycles. The van der Waals surface area contributed by atoms with Gasteiger partial charge in [0.15, 0.2) is 0 Å². The van der Waals surface area contributed by atoms with E-state index in [1.54, 1.807) is 4.68 Å². The number of rotatable bonds is 6. The number of furan rings is 1. The largest absolute Gasteiger partial charge is 0.475 e. The number of nitrogens with zero attached hydrogens (tertiary/aromatic N) is 2. The first kappa shape index (κ1) is 14.8. The zero-order valence-corrected chi connectivity index (χ0v) is 11.9. The lowest BCUT2D eigenvalue weighted by Gasteiger charge is -2.05. The molecule has 2 heterocycles. The number of hydrogen-bond acceptors (Lipinski definition) is 4. The summed E-state index contributed by atoms with van der Waals surface area (Å²) >= 11 is 0. The SMILES string of the molecule is Cc1cc(C)n(CCC(=O)NCc2ccc(C(=O)O)o2)n1. The van der Waals surface area contributed by atoms with Crippen LogP contribution in [-0.4, -0.2) is 26.8 Å². The van der Waals surface area contributed by atoms with Gasteiger partial charge < -0.3 is 14.8 Å². The van der Waals surface area contributed by atoms with Gasteiger partial charge >= 0.3 is 5.97 Å². The van der Waals surface area contributed by atoms with Gasteiger partial charge in [-0.1, -0.05) is 0 Å². The highest BCUT2D eigenvalue weighted by Crippen LogP contribution is 2.07. The van der Waals surface area contributed by atoms with E-state index < -0.39 is 5.97 Å². The van der Waals surface area contributed by atoms with Crippen LogP contribution in [0.15, 0.2) is 22.6 Å². The highest BCUT2D eigenvalue weighted by molar-refractivity contribution is 5.84.